The van der Waals surface area contributed by atoms with Gasteiger partial charge in [-0.3, -0.25) is 4.98 Å². The first-order valence-corrected chi connectivity index (χ1v) is 6.25. The lowest BCUT2D eigenvalue weighted by Gasteiger charge is -2.14. The number of rotatable bonds is 3. The van der Waals surface area contributed by atoms with Crippen LogP contribution in [0.15, 0.2) is 36.5 Å². The van der Waals surface area contributed by atoms with Gasteiger partial charge in [0.05, 0.1) is 23.4 Å². The van der Waals surface area contributed by atoms with Gasteiger partial charge in [-0.15, -0.1) is 0 Å². The van der Waals surface area contributed by atoms with Crippen molar-refractivity contribution in [3.05, 3.63) is 58.4 Å². The van der Waals surface area contributed by atoms with Crippen LogP contribution in [0.2, 0.25) is 5.02 Å². The molecule has 1 N–H and O–H groups in total. The molecule has 0 fully saturated rings. The van der Waals surface area contributed by atoms with Gasteiger partial charge in [0, 0.05) is 6.20 Å². The van der Waals surface area contributed by atoms with Gasteiger partial charge in [-0.1, -0.05) is 23.7 Å². The van der Waals surface area contributed by atoms with Crippen LogP contribution in [0.5, 0.6) is 5.75 Å². The van der Waals surface area contributed by atoms with Crippen LogP contribution in [0.4, 0.5) is 13.2 Å². The van der Waals surface area contributed by atoms with E-state index in [1.54, 1.807) is 24.3 Å². The normalized spacial score (nSPS) is 13.0. The van der Waals surface area contributed by atoms with E-state index in [-0.39, 0.29) is 10.7 Å². The van der Waals surface area contributed by atoms with E-state index in [4.69, 9.17) is 16.3 Å². The molecule has 1 heterocycles. The Morgan fingerprint density at radius 3 is 2.33 bits per heavy atom. The van der Waals surface area contributed by atoms with Gasteiger partial charge in [0.15, 0.2) is 0 Å². The largest absolute Gasteiger partial charge is 0.497 e. The van der Waals surface area contributed by atoms with E-state index in [0.717, 1.165) is 6.07 Å². The summed E-state index contributed by atoms with van der Waals surface area (Å²) in [4.78, 5) is 3.63. The number of benzene rings is 1. The highest BCUT2D eigenvalue weighted by molar-refractivity contribution is 6.31. The van der Waals surface area contributed by atoms with Crippen molar-refractivity contribution in [2.45, 2.75) is 12.3 Å². The number of nitrogens with zero attached hydrogens (tertiary/aromatic N) is 1. The molecule has 1 atom stereocenters. The molecule has 0 radical (unpaired) electrons. The predicted octanol–water partition coefficient (Wildman–Crippen LogP) is 3.84. The van der Waals surface area contributed by atoms with Crippen molar-refractivity contribution in [3.63, 3.8) is 0 Å². The monoisotopic (exact) mass is 317 g/mol. The minimum Gasteiger partial charge on any atom is -0.497 e. The average molecular weight is 318 g/mol. The summed E-state index contributed by atoms with van der Waals surface area (Å²) in [7, 11) is 1.50. The van der Waals surface area contributed by atoms with Crippen molar-refractivity contribution in [2.24, 2.45) is 0 Å². The second-order valence-electron chi connectivity index (χ2n) is 4.26. The Labute approximate surface area is 124 Å². The van der Waals surface area contributed by atoms with E-state index >= 15 is 0 Å². The second-order valence-corrected chi connectivity index (χ2v) is 4.67. The van der Waals surface area contributed by atoms with Crippen molar-refractivity contribution in [1.29, 1.82) is 0 Å². The molecule has 0 saturated carbocycles. The van der Waals surface area contributed by atoms with Crippen LogP contribution in [-0.2, 0) is 6.18 Å². The molecule has 0 spiro atoms. The first kappa shape index (κ1) is 15.6. The standard InChI is InChI=1S/C14H11ClF3NO2/c1-21-10-4-2-8(3-5-10)13(20)12-11(15)6-9(7-19-12)14(16,17)18/h2-7,13,20H,1H3. The first-order valence-electron chi connectivity index (χ1n) is 5.87. The fourth-order valence-corrected chi connectivity index (χ4v) is 2.02. The molecular formula is C14H11ClF3NO2. The summed E-state index contributed by atoms with van der Waals surface area (Å²) in [6, 6.07) is 7.15. The van der Waals surface area contributed by atoms with Gasteiger partial charge in [-0.2, -0.15) is 13.2 Å². The number of methoxy groups -OCH3 is 1. The van der Waals surface area contributed by atoms with Gasteiger partial charge >= 0.3 is 6.18 Å². The number of hydrogen-bond acceptors (Lipinski definition) is 3. The molecule has 7 heteroatoms. The highest BCUT2D eigenvalue weighted by atomic mass is 35.5. The minimum absolute atomic E-state index is 0.0326. The maximum Gasteiger partial charge on any atom is 0.417 e. The third-order valence-corrected chi connectivity index (χ3v) is 3.19. The maximum absolute atomic E-state index is 12.5. The third kappa shape index (κ3) is 3.46. The molecule has 1 unspecified atom stereocenters. The molecule has 1 aromatic carbocycles. The predicted molar refractivity (Wildman–Crippen MR) is 71.3 cm³/mol. The highest BCUT2D eigenvalue weighted by Gasteiger charge is 2.32. The smallest absolute Gasteiger partial charge is 0.417 e. The van der Waals surface area contributed by atoms with Crippen molar-refractivity contribution < 1.29 is 23.0 Å². The summed E-state index contributed by atoms with van der Waals surface area (Å²) >= 11 is 5.79. The molecule has 0 aliphatic rings. The van der Waals surface area contributed by atoms with Crippen molar-refractivity contribution in [2.75, 3.05) is 7.11 Å². The van der Waals surface area contributed by atoms with Crippen LogP contribution in [0, 0.1) is 0 Å². The van der Waals surface area contributed by atoms with E-state index in [1.165, 1.54) is 7.11 Å². The van der Waals surface area contributed by atoms with E-state index in [2.05, 4.69) is 4.98 Å². The van der Waals surface area contributed by atoms with Crippen LogP contribution in [0.25, 0.3) is 0 Å². The van der Waals surface area contributed by atoms with Crippen molar-refractivity contribution >= 4 is 11.6 Å². The topological polar surface area (TPSA) is 42.4 Å². The molecule has 0 amide bonds. The van der Waals surface area contributed by atoms with E-state index in [1.807, 2.05) is 0 Å². The number of ether oxygens (including phenoxy) is 1. The summed E-state index contributed by atoms with van der Waals surface area (Å²) in [5.74, 6) is 0.595. The summed E-state index contributed by atoms with van der Waals surface area (Å²) in [5.41, 5.74) is -0.544. The van der Waals surface area contributed by atoms with Crippen molar-refractivity contribution in [1.82, 2.24) is 4.98 Å². The van der Waals surface area contributed by atoms with Gasteiger partial charge < -0.3 is 9.84 Å². The lowest BCUT2D eigenvalue weighted by molar-refractivity contribution is -0.137. The van der Waals surface area contributed by atoms with Crippen LogP contribution < -0.4 is 4.74 Å². The van der Waals surface area contributed by atoms with Crippen LogP contribution in [-0.4, -0.2) is 17.2 Å². The molecule has 21 heavy (non-hydrogen) atoms. The maximum atomic E-state index is 12.5. The lowest BCUT2D eigenvalue weighted by Crippen LogP contribution is -2.09. The summed E-state index contributed by atoms with van der Waals surface area (Å²) in [6.07, 6.45) is -5.10. The fraction of sp³-hybridized carbons (Fsp3) is 0.214. The average Bonchev–Trinajstić information content (AvgIpc) is 2.45. The molecule has 2 aromatic rings. The number of aliphatic hydroxyl groups is 1. The van der Waals surface area contributed by atoms with Gasteiger partial charge in [0.2, 0.25) is 0 Å². The Morgan fingerprint density at radius 1 is 1.24 bits per heavy atom. The molecular weight excluding hydrogens is 307 g/mol. The summed E-state index contributed by atoms with van der Waals surface area (Å²) < 4.78 is 42.6. The van der Waals surface area contributed by atoms with Crippen LogP contribution in [0.3, 0.4) is 0 Å². The van der Waals surface area contributed by atoms with Gasteiger partial charge in [-0.05, 0) is 23.8 Å². The van der Waals surface area contributed by atoms with Crippen LogP contribution >= 0.6 is 11.6 Å². The Bertz CT molecular complexity index is 629. The van der Waals surface area contributed by atoms with E-state index in [9.17, 15) is 18.3 Å². The zero-order valence-corrected chi connectivity index (χ0v) is 11.6. The van der Waals surface area contributed by atoms with Gasteiger partial charge in [0.25, 0.3) is 0 Å². The van der Waals surface area contributed by atoms with Gasteiger partial charge in [0.1, 0.15) is 11.9 Å². The number of halogens is 4. The second kappa shape index (κ2) is 5.91. The fourth-order valence-electron chi connectivity index (χ4n) is 1.75. The molecule has 0 saturated heterocycles. The van der Waals surface area contributed by atoms with Crippen LogP contribution in [0.1, 0.15) is 22.9 Å². The molecule has 1 aromatic heterocycles. The number of pyridine rings is 1. The van der Waals surface area contributed by atoms with E-state index < -0.39 is 17.8 Å². The Hall–Kier alpha value is -1.79. The zero-order valence-electron chi connectivity index (χ0n) is 10.9. The van der Waals surface area contributed by atoms with Crippen molar-refractivity contribution in [3.8, 4) is 5.75 Å². The molecule has 112 valence electrons. The summed E-state index contributed by atoms with van der Waals surface area (Å²) in [6.45, 7) is 0. The third-order valence-electron chi connectivity index (χ3n) is 2.89. The Morgan fingerprint density at radius 2 is 1.86 bits per heavy atom. The van der Waals surface area contributed by atoms with Gasteiger partial charge in [-0.25, -0.2) is 0 Å². The number of alkyl halides is 3. The zero-order chi connectivity index (χ0) is 15.6. The highest BCUT2D eigenvalue weighted by Crippen LogP contribution is 2.34. The number of aromatic nitrogens is 1. The Kier molecular flexibility index (Phi) is 4.39. The lowest BCUT2D eigenvalue weighted by atomic mass is 10.1. The Balaban J connectivity index is 2.32. The summed E-state index contributed by atoms with van der Waals surface area (Å²) in [5, 5.41) is 9.92. The molecule has 0 bridgehead atoms. The first-order chi connectivity index (χ1) is 9.82. The molecule has 2 rings (SSSR count). The molecule has 0 aliphatic carbocycles. The number of aliphatic hydroxyl groups excluding tert-OH is 1. The molecule has 0 aliphatic heterocycles. The number of hydrogen-bond donors (Lipinski definition) is 1. The minimum atomic E-state index is -4.53. The molecule has 3 nitrogen and oxygen atoms in total. The SMILES string of the molecule is COc1ccc(C(O)c2ncc(C(F)(F)F)cc2Cl)cc1. The van der Waals surface area contributed by atoms with E-state index in [0.29, 0.717) is 17.5 Å². The quantitative estimate of drug-likeness (QED) is 0.935.